The number of nitrogens with zero attached hydrogens (tertiary/aromatic N) is 1. The molecule has 0 saturated carbocycles. The summed E-state index contributed by atoms with van der Waals surface area (Å²) < 4.78 is 6.56. The van der Waals surface area contributed by atoms with Gasteiger partial charge in [0.2, 0.25) is 0 Å². The van der Waals surface area contributed by atoms with Crippen LogP contribution in [0.2, 0.25) is 0 Å². The third kappa shape index (κ3) is 3.33. The highest BCUT2D eigenvalue weighted by molar-refractivity contribution is 9.10. The lowest BCUT2D eigenvalue weighted by atomic mass is 10.1. The van der Waals surface area contributed by atoms with E-state index in [2.05, 4.69) is 44.4 Å². The summed E-state index contributed by atoms with van der Waals surface area (Å²) in [6.07, 6.45) is 8.47. The van der Waals surface area contributed by atoms with Gasteiger partial charge < -0.3 is 10.1 Å². The number of hydrogen-bond donors (Lipinski definition) is 1. The van der Waals surface area contributed by atoms with Crippen LogP contribution >= 0.6 is 15.9 Å². The maximum absolute atomic E-state index is 5.48. The van der Waals surface area contributed by atoms with Gasteiger partial charge in [0.15, 0.2) is 5.72 Å². The lowest BCUT2D eigenvalue weighted by molar-refractivity contribution is 0.0456. The summed E-state index contributed by atoms with van der Waals surface area (Å²) in [5.74, 6) is 0. The summed E-state index contributed by atoms with van der Waals surface area (Å²) in [5.41, 5.74) is 1.67. The molecule has 0 saturated heterocycles. The number of ether oxygens (including phenoxy) is 1. The number of allylic oxidation sites excluding steroid dienone is 1. The second-order valence-electron chi connectivity index (χ2n) is 4.27. The first-order valence-corrected chi connectivity index (χ1v) is 6.90. The Balaban J connectivity index is 2.18. The topological polar surface area (TPSA) is 33.6 Å². The first-order valence-electron chi connectivity index (χ1n) is 6.11. The number of methoxy groups -OCH3 is 1. The van der Waals surface area contributed by atoms with E-state index < -0.39 is 5.72 Å². The van der Waals surface area contributed by atoms with Crippen LogP contribution < -0.4 is 5.32 Å². The van der Waals surface area contributed by atoms with Gasteiger partial charge in [-0.3, -0.25) is 4.99 Å². The molecule has 0 spiro atoms. The number of aliphatic imine (C=N–C) groups is 1. The highest BCUT2D eigenvalue weighted by Gasteiger charge is 2.25. The van der Waals surface area contributed by atoms with E-state index >= 15 is 0 Å². The lowest BCUT2D eigenvalue weighted by Crippen LogP contribution is -2.23. The van der Waals surface area contributed by atoms with E-state index in [9.17, 15) is 0 Å². The van der Waals surface area contributed by atoms with Crippen molar-refractivity contribution in [1.82, 2.24) is 5.32 Å². The standard InChI is InChI=1S/C15H17BrN2O/c1-17-14(12-4-6-13(16)7-5-12)8-10-15(19-2)9-3-11-18-15/h3-9,11,17H,10H2,1-2H3/b14-8-. The number of rotatable bonds is 5. The molecule has 0 amide bonds. The normalized spacial score (nSPS) is 21.9. The van der Waals surface area contributed by atoms with E-state index in [-0.39, 0.29) is 0 Å². The minimum Gasteiger partial charge on any atom is -0.388 e. The zero-order chi connectivity index (χ0) is 13.7. The molecule has 1 unspecified atom stereocenters. The lowest BCUT2D eigenvalue weighted by Gasteiger charge is -2.21. The van der Waals surface area contributed by atoms with Crippen molar-refractivity contribution in [3.63, 3.8) is 0 Å². The van der Waals surface area contributed by atoms with E-state index in [1.54, 1.807) is 13.3 Å². The van der Waals surface area contributed by atoms with Crippen LogP contribution in [0.3, 0.4) is 0 Å². The maximum atomic E-state index is 5.48. The number of benzene rings is 1. The van der Waals surface area contributed by atoms with Gasteiger partial charge in [0.25, 0.3) is 0 Å². The summed E-state index contributed by atoms with van der Waals surface area (Å²) in [6.45, 7) is 0. The molecule has 1 aliphatic heterocycles. The first kappa shape index (κ1) is 14.0. The van der Waals surface area contributed by atoms with Crippen molar-refractivity contribution in [2.75, 3.05) is 14.2 Å². The van der Waals surface area contributed by atoms with E-state index in [0.717, 1.165) is 15.7 Å². The second kappa shape index (κ2) is 6.17. The van der Waals surface area contributed by atoms with Crippen molar-refractivity contribution in [3.05, 3.63) is 52.5 Å². The smallest absolute Gasteiger partial charge is 0.181 e. The molecule has 2 rings (SSSR count). The quantitative estimate of drug-likeness (QED) is 0.902. The fraction of sp³-hybridized carbons (Fsp3) is 0.267. The number of halogens is 1. The van der Waals surface area contributed by atoms with Crippen LogP contribution in [-0.4, -0.2) is 26.1 Å². The predicted molar refractivity (Wildman–Crippen MR) is 83.2 cm³/mol. The SMILES string of the molecule is CN/C(=C\CC1(OC)C=CC=N1)c1ccc(Br)cc1. The average molecular weight is 321 g/mol. The van der Waals surface area contributed by atoms with Gasteiger partial charge in [0, 0.05) is 37.0 Å². The highest BCUT2D eigenvalue weighted by atomic mass is 79.9. The number of nitrogens with one attached hydrogen (secondary N) is 1. The largest absolute Gasteiger partial charge is 0.388 e. The number of hydrogen-bond acceptors (Lipinski definition) is 3. The predicted octanol–water partition coefficient (Wildman–Crippen LogP) is 3.38. The van der Waals surface area contributed by atoms with Crippen LogP contribution in [0.5, 0.6) is 0 Å². The molecule has 1 aromatic rings. The fourth-order valence-electron chi connectivity index (χ4n) is 1.97. The van der Waals surface area contributed by atoms with Crippen molar-refractivity contribution in [2.45, 2.75) is 12.1 Å². The zero-order valence-corrected chi connectivity index (χ0v) is 12.6. The Morgan fingerprint density at radius 1 is 1.42 bits per heavy atom. The fourth-order valence-corrected chi connectivity index (χ4v) is 2.24. The Kier molecular flexibility index (Phi) is 4.56. The van der Waals surface area contributed by atoms with Gasteiger partial charge in [-0.2, -0.15) is 0 Å². The summed E-state index contributed by atoms with van der Waals surface area (Å²) in [6, 6.07) is 8.19. The average Bonchev–Trinajstić information content (AvgIpc) is 2.91. The van der Waals surface area contributed by atoms with E-state index in [1.807, 2.05) is 31.3 Å². The molecule has 4 heteroatoms. The summed E-state index contributed by atoms with van der Waals surface area (Å²) in [4.78, 5) is 4.36. The minimum atomic E-state index is -0.544. The second-order valence-corrected chi connectivity index (χ2v) is 5.18. The van der Waals surface area contributed by atoms with Gasteiger partial charge >= 0.3 is 0 Å². The van der Waals surface area contributed by atoms with Crippen LogP contribution in [0.25, 0.3) is 5.70 Å². The molecule has 1 atom stereocenters. The Labute approximate surface area is 122 Å². The van der Waals surface area contributed by atoms with Crippen molar-refractivity contribution in [1.29, 1.82) is 0 Å². The Hall–Kier alpha value is -1.39. The molecule has 0 aliphatic carbocycles. The molecule has 1 aromatic carbocycles. The molecule has 0 radical (unpaired) electrons. The van der Waals surface area contributed by atoms with Crippen molar-refractivity contribution < 1.29 is 4.74 Å². The van der Waals surface area contributed by atoms with E-state index in [4.69, 9.17) is 4.74 Å². The summed E-state index contributed by atoms with van der Waals surface area (Å²) >= 11 is 3.44. The molecule has 19 heavy (non-hydrogen) atoms. The monoisotopic (exact) mass is 320 g/mol. The van der Waals surface area contributed by atoms with Crippen LogP contribution in [0.15, 0.2) is 52.0 Å². The first-order chi connectivity index (χ1) is 9.19. The summed E-state index contributed by atoms with van der Waals surface area (Å²) in [5, 5.41) is 3.22. The Morgan fingerprint density at radius 2 is 2.16 bits per heavy atom. The van der Waals surface area contributed by atoms with Crippen LogP contribution in [0.4, 0.5) is 0 Å². The Morgan fingerprint density at radius 3 is 2.68 bits per heavy atom. The molecular formula is C15H17BrN2O. The van der Waals surface area contributed by atoms with Crippen molar-refractivity contribution >= 4 is 27.8 Å². The van der Waals surface area contributed by atoms with Crippen LogP contribution in [-0.2, 0) is 4.74 Å². The van der Waals surface area contributed by atoms with Gasteiger partial charge in [-0.1, -0.05) is 34.1 Å². The zero-order valence-electron chi connectivity index (χ0n) is 11.1. The van der Waals surface area contributed by atoms with Crippen molar-refractivity contribution in [2.24, 2.45) is 4.99 Å². The third-order valence-electron chi connectivity index (χ3n) is 3.11. The molecule has 100 valence electrons. The molecule has 0 fully saturated rings. The molecule has 3 nitrogen and oxygen atoms in total. The van der Waals surface area contributed by atoms with Crippen LogP contribution in [0, 0.1) is 0 Å². The van der Waals surface area contributed by atoms with E-state index in [0.29, 0.717) is 6.42 Å². The molecule has 0 aromatic heterocycles. The van der Waals surface area contributed by atoms with Gasteiger partial charge in [0.1, 0.15) is 0 Å². The molecule has 1 N–H and O–H groups in total. The van der Waals surface area contributed by atoms with Crippen molar-refractivity contribution in [3.8, 4) is 0 Å². The third-order valence-corrected chi connectivity index (χ3v) is 3.64. The van der Waals surface area contributed by atoms with Crippen LogP contribution in [0.1, 0.15) is 12.0 Å². The Bertz CT molecular complexity index is 505. The van der Waals surface area contributed by atoms with Gasteiger partial charge in [0.05, 0.1) is 0 Å². The maximum Gasteiger partial charge on any atom is 0.181 e. The summed E-state index contributed by atoms with van der Waals surface area (Å²) in [7, 11) is 3.60. The molecule has 0 bridgehead atoms. The van der Waals surface area contributed by atoms with Gasteiger partial charge in [-0.05, 0) is 29.8 Å². The molecule has 1 aliphatic rings. The van der Waals surface area contributed by atoms with Gasteiger partial charge in [-0.15, -0.1) is 0 Å². The molecular weight excluding hydrogens is 304 g/mol. The minimum absolute atomic E-state index is 0.544. The molecule has 1 heterocycles. The highest BCUT2D eigenvalue weighted by Crippen LogP contribution is 2.25. The van der Waals surface area contributed by atoms with Gasteiger partial charge in [-0.25, -0.2) is 0 Å². The van der Waals surface area contributed by atoms with E-state index in [1.165, 1.54) is 0 Å².